The predicted octanol–water partition coefficient (Wildman–Crippen LogP) is -0.170. The van der Waals surface area contributed by atoms with Crippen LogP contribution >= 0.6 is 0 Å². The second kappa shape index (κ2) is 6.76. The van der Waals surface area contributed by atoms with Crippen LogP contribution in [-0.2, 0) is 9.53 Å². The molecule has 1 N–H and O–H groups in total. The van der Waals surface area contributed by atoms with Gasteiger partial charge >= 0.3 is 0 Å². The van der Waals surface area contributed by atoms with Crippen molar-refractivity contribution in [3.63, 3.8) is 0 Å². The van der Waals surface area contributed by atoms with Crippen molar-refractivity contribution in [3.05, 3.63) is 11.8 Å². The van der Waals surface area contributed by atoms with E-state index < -0.39 is 0 Å². The highest BCUT2D eigenvalue weighted by Crippen LogP contribution is 2.29. The number of β-amino-alcohol motifs (C(OH)–C–C–N with tert-alkyl or cyclic N) is 1. The summed E-state index contributed by atoms with van der Waals surface area (Å²) in [5.41, 5.74) is 0.976. The van der Waals surface area contributed by atoms with Crippen molar-refractivity contribution in [1.29, 1.82) is 0 Å². The molecular weight excluding hydrogens is 322 g/mol. The van der Waals surface area contributed by atoms with Crippen molar-refractivity contribution < 1.29 is 14.6 Å². The number of anilines is 2. The van der Waals surface area contributed by atoms with Crippen molar-refractivity contribution in [2.24, 2.45) is 0 Å². The molecule has 0 spiro atoms. The summed E-state index contributed by atoms with van der Waals surface area (Å²) in [7, 11) is 0. The van der Waals surface area contributed by atoms with E-state index in [1.807, 2.05) is 27.7 Å². The van der Waals surface area contributed by atoms with E-state index in [9.17, 15) is 9.90 Å². The third-order valence-electron chi connectivity index (χ3n) is 5.24. The number of amides is 1. The van der Waals surface area contributed by atoms with E-state index in [1.165, 1.54) is 0 Å². The quantitative estimate of drug-likeness (QED) is 0.810. The zero-order valence-corrected chi connectivity index (χ0v) is 14.6. The van der Waals surface area contributed by atoms with E-state index in [1.54, 1.807) is 0 Å². The van der Waals surface area contributed by atoms with Crippen molar-refractivity contribution in [2.45, 2.75) is 25.4 Å². The van der Waals surface area contributed by atoms with Gasteiger partial charge in [0.2, 0.25) is 11.9 Å². The number of rotatable bonds is 4. The van der Waals surface area contributed by atoms with E-state index in [2.05, 4.69) is 4.98 Å². The number of aliphatic hydroxyl groups is 1. The average molecular weight is 347 g/mol. The van der Waals surface area contributed by atoms with Crippen LogP contribution in [0.4, 0.5) is 11.8 Å². The first-order valence-electron chi connectivity index (χ1n) is 9.06. The first-order chi connectivity index (χ1) is 12.1. The molecule has 1 amide bonds. The van der Waals surface area contributed by atoms with Gasteiger partial charge in [-0.2, -0.15) is 4.98 Å². The molecule has 0 bridgehead atoms. The predicted molar refractivity (Wildman–Crippen MR) is 92.9 cm³/mol. The van der Waals surface area contributed by atoms with E-state index in [-0.39, 0.29) is 17.9 Å². The highest BCUT2D eigenvalue weighted by molar-refractivity contribution is 5.82. The lowest BCUT2D eigenvalue weighted by Crippen LogP contribution is -2.52. The molecule has 1 aromatic rings. The van der Waals surface area contributed by atoms with Crippen molar-refractivity contribution in [2.75, 3.05) is 62.3 Å². The number of aromatic nitrogens is 2. The third-order valence-corrected chi connectivity index (χ3v) is 5.24. The highest BCUT2D eigenvalue weighted by atomic mass is 16.5. The van der Waals surface area contributed by atoms with Crippen molar-refractivity contribution in [3.8, 4) is 0 Å². The molecule has 3 aliphatic rings. The van der Waals surface area contributed by atoms with Gasteiger partial charge in [-0.15, -0.1) is 0 Å². The van der Waals surface area contributed by atoms with E-state index in [0.717, 1.165) is 44.2 Å². The second-order valence-corrected chi connectivity index (χ2v) is 6.97. The van der Waals surface area contributed by atoms with E-state index in [0.29, 0.717) is 32.2 Å². The third kappa shape index (κ3) is 3.28. The number of nitrogens with zero attached hydrogens (tertiary/aromatic N) is 5. The van der Waals surface area contributed by atoms with Gasteiger partial charge < -0.3 is 24.5 Å². The Morgan fingerprint density at radius 1 is 1.28 bits per heavy atom. The van der Waals surface area contributed by atoms with Crippen LogP contribution in [0.15, 0.2) is 6.07 Å². The van der Waals surface area contributed by atoms with Crippen molar-refractivity contribution >= 4 is 17.7 Å². The highest BCUT2D eigenvalue weighted by Gasteiger charge is 2.31. The fraction of sp³-hybridized carbons (Fsp3) is 0.706. The summed E-state index contributed by atoms with van der Waals surface area (Å²) in [5.74, 6) is 1.87. The summed E-state index contributed by atoms with van der Waals surface area (Å²) in [6, 6.07) is 2.01. The van der Waals surface area contributed by atoms with Gasteiger partial charge in [-0.25, -0.2) is 4.98 Å². The monoisotopic (exact) mass is 347 g/mol. The van der Waals surface area contributed by atoms with Crippen LogP contribution in [0.1, 0.15) is 25.0 Å². The number of likely N-dealkylation sites (N-methyl/N-ethyl adjacent to an activating group) is 1. The molecule has 0 saturated carbocycles. The molecule has 25 heavy (non-hydrogen) atoms. The molecule has 4 heterocycles. The van der Waals surface area contributed by atoms with Crippen LogP contribution in [0, 0.1) is 0 Å². The lowest BCUT2D eigenvalue weighted by atomic mass is 10.0. The molecule has 3 fully saturated rings. The number of aliphatic hydroxyl groups excluding tert-OH is 1. The van der Waals surface area contributed by atoms with Crippen molar-refractivity contribution in [1.82, 2.24) is 14.9 Å². The number of carbonyl (C=O) groups excluding carboxylic acids is 1. The fourth-order valence-corrected chi connectivity index (χ4v) is 3.58. The molecular formula is C17H25N5O3. The van der Waals surface area contributed by atoms with Gasteiger partial charge in [0.25, 0.3) is 0 Å². The summed E-state index contributed by atoms with van der Waals surface area (Å²) in [6.07, 6.45) is 0.654. The van der Waals surface area contributed by atoms with Gasteiger partial charge in [-0.05, 0) is 13.3 Å². The SMILES string of the molecule is CCN1CCN(c2cc([C@@H]3CCOC3)nc(N3CC(O)C3)n2)CC1=O. The Bertz CT molecular complexity index is 643. The van der Waals surface area contributed by atoms with Crippen LogP contribution in [0.2, 0.25) is 0 Å². The second-order valence-electron chi connectivity index (χ2n) is 6.97. The topological polar surface area (TPSA) is 82.0 Å². The molecule has 0 aromatic carbocycles. The molecule has 0 unspecified atom stereocenters. The Morgan fingerprint density at radius 2 is 2.12 bits per heavy atom. The molecule has 8 heteroatoms. The maximum absolute atomic E-state index is 12.3. The zero-order valence-electron chi connectivity index (χ0n) is 14.6. The Morgan fingerprint density at radius 3 is 2.76 bits per heavy atom. The van der Waals surface area contributed by atoms with Gasteiger partial charge in [0.1, 0.15) is 5.82 Å². The first kappa shape index (κ1) is 16.5. The van der Waals surface area contributed by atoms with E-state index in [4.69, 9.17) is 9.72 Å². The van der Waals surface area contributed by atoms with Crippen LogP contribution in [0.5, 0.6) is 0 Å². The maximum atomic E-state index is 12.3. The van der Waals surface area contributed by atoms with Crippen LogP contribution in [0.3, 0.4) is 0 Å². The molecule has 0 radical (unpaired) electrons. The summed E-state index contributed by atoms with van der Waals surface area (Å²) < 4.78 is 5.51. The number of hydrogen-bond donors (Lipinski definition) is 1. The van der Waals surface area contributed by atoms with E-state index >= 15 is 0 Å². The first-order valence-corrected chi connectivity index (χ1v) is 9.06. The van der Waals surface area contributed by atoms with Gasteiger partial charge in [0.15, 0.2) is 0 Å². The average Bonchev–Trinajstić information content (AvgIpc) is 3.13. The number of hydrogen-bond acceptors (Lipinski definition) is 7. The maximum Gasteiger partial charge on any atom is 0.242 e. The lowest BCUT2D eigenvalue weighted by molar-refractivity contribution is -0.130. The minimum absolute atomic E-state index is 0.138. The zero-order chi connectivity index (χ0) is 17.4. The molecule has 8 nitrogen and oxygen atoms in total. The number of ether oxygens (including phenoxy) is 1. The standard InChI is InChI=1S/C17H25N5O3/c1-2-20-4-5-21(10-16(20)24)15-7-14(12-3-6-25-11-12)18-17(19-15)22-8-13(23)9-22/h7,12-13,23H,2-6,8-11H2,1H3/t12-/m1/s1. The van der Waals surface area contributed by atoms with Gasteiger partial charge in [0.05, 0.1) is 24.9 Å². The van der Waals surface area contributed by atoms with Gasteiger partial charge in [-0.3, -0.25) is 4.79 Å². The Labute approximate surface area is 147 Å². The number of piperazine rings is 1. The smallest absolute Gasteiger partial charge is 0.242 e. The minimum Gasteiger partial charge on any atom is -0.389 e. The largest absolute Gasteiger partial charge is 0.389 e. The summed E-state index contributed by atoms with van der Waals surface area (Å²) in [5, 5.41) is 9.59. The normalized spacial score (nSPS) is 24.8. The molecule has 3 saturated heterocycles. The Kier molecular flexibility index (Phi) is 4.47. The Hall–Kier alpha value is -1.93. The fourth-order valence-electron chi connectivity index (χ4n) is 3.58. The lowest BCUT2D eigenvalue weighted by Gasteiger charge is -2.38. The summed E-state index contributed by atoms with van der Waals surface area (Å²) in [6.45, 7) is 7.17. The molecule has 1 aromatic heterocycles. The van der Waals surface area contributed by atoms with Crippen LogP contribution in [0.25, 0.3) is 0 Å². The molecule has 136 valence electrons. The molecule has 1 atom stereocenters. The van der Waals surface area contributed by atoms with Crippen LogP contribution in [-0.4, -0.2) is 84.5 Å². The molecule has 4 rings (SSSR count). The summed E-state index contributed by atoms with van der Waals surface area (Å²) >= 11 is 0. The Balaban J connectivity index is 1.60. The van der Waals surface area contributed by atoms with Gasteiger partial charge in [0, 0.05) is 51.3 Å². The molecule has 3 aliphatic heterocycles. The van der Waals surface area contributed by atoms with Crippen LogP contribution < -0.4 is 9.80 Å². The molecule has 0 aliphatic carbocycles. The summed E-state index contributed by atoms with van der Waals surface area (Å²) in [4.78, 5) is 27.6. The number of carbonyl (C=O) groups is 1. The van der Waals surface area contributed by atoms with Gasteiger partial charge in [-0.1, -0.05) is 0 Å². The minimum atomic E-state index is -0.305.